The highest BCUT2D eigenvalue weighted by atomic mass is 32.2. The van der Waals surface area contributed by atoms with Gasteiger partial charge in [-0.3, -0.25) is 9.59 Å². The molecule has 0 saturated heterocycles. The van der Waals surface area contributed by atoms with E-state index < -0.39 is 6.04 Å². The minimum absolute atomic E-state index is 0.144. The molecule has 1 unspecified atom stereocenters. The fourth-order valence-corrected chi connectivity index (χ4v) is 3.13. The molecule has 1 N–H and O–H groups in total. The summed E-state index contributed by atoms with van der Waals surface area (Å²) in [5, 5.41) is 2.57. The van der Waals surface area contributed by atoms with Crippen molar-refractivity contribution in [2.24, 2.45) is 0 Å². The third-order valence-electron chi connectivity index (χ3n) is 3.79. The standard InChI is InChI=1S/C19H21FN2O2S/c1-14(19(24)21-2)22(12-15-8-10-16(20)11-9-15)18(23)13-25-17-6-4-3-5-7-17/h3-11,14H,12-13H2,1-2H3,(H,21,24). The molecule has 0 saturated carbocycles. The molecule has 2 amide bonds. The molecule has 2 aromatic carbocycles. The van der Waals surface area contributed by atoms with E-state index in [0.717, 1.165) is 10.5 Å². The van der Waals surface area contributed by atoms with Crippen molar-refractivity contribution in [1.82, 2.24) is 10.2 Å². The van der Waals surface area contributed by atoms with E-state index in [2.05, 4.69) is 5.32 Å². The summed E-state index contributed by atoms with van der Waals surface area (Å²) in [6.45, 7) is 1.94. The van der Waals surface area contributed by atoms with Gasteiger partial charge in [0.1, 0.15) is 11.9 Å². The van der Waals surface area contributed by atoms with E-state index in [1.807, 2.05) is 30.3 Å². The Labute approximate surface area is 151 Å². The van der Waals surface area contributed by atoms with Crippen molar-refractivity contribution in [2.75, 3.05) is 12.8 Å². The number of nitrogens with zero attached hydrogens (tertiary/aromatic N) is 1. The van der Waals surface area contributed by atoms with Gasteiger partial charge in [-0.2, -0.15) is 0 Å². The van der Waals surface area contributed by atoms with Gasteiger partial charge in [0.25, 0.3) is 0 Å². The lowest BCUT2D eigenvalue weighted by Gasteiger charge is -2.28. The fourth-order valence-electron chi connectivity index (χ4n) is 2.32. The summed E-state index contributed by atoms with van der Waals surface area (Å²) >= 11 is 1.42. The quantitative estimate of drug-likeness (QED) is 0.772. The summed E-state index contributed by atoms with van der Waals surface area (Å²) in [4.78, 5) is 27.2. The predicted octanol–water partition coefficient (Wildman–Crippen LogP) is 3.08. The van der Waals surface area contributed by atoms with Crippen LogP contribution in [0.15, 0.2) is 59.5 Å². The van der Waals surface area contributed by atoms with E-state index in [9.17, 15) is 14.0 Å². The van der Waals surface area contributed by atoms with Gasteiger partial charge in [-0.1, -0.05) is 30.3 Å². The number of benzene rings is 2. The zero-order valence-corrected chi connectivity index (χ0v) is 15.1. The largest absolute Gasteiger partial charge is 0.357 e. The normalized spacial score (nSPS) is 11.6. The number of amides is 2. The lowest BCUT2D eigenvalue weighted by molar-refractivity contribution is -0.138. The van der Waals surface area contributed by atoms with Crippen LogP contribution in [0.1, 0.15) is 12.5 Å². The molecule has 0 fully saturated rings. The molecule has 2 rings (SSSR count). The van der Waals surface area contributed by atoms with Crippen molar-refractivity contribution in [3.8, 4) is 0 Å². The Morgan fingerprint density at radius 1 is 1.12 bits per heavy atom. The molecular weight excluding hydrogens is 339 g/mol. The van der Waals surface area contributed by atoms with Gasteiger partial charge in [0.15, 0.2) is 0 Å². The second-order valence-electron chi connectivity index (χ2n) is 5.54. The summed E-state index contributed by atoms with van der Waals surface area (Å²) in [6.07, 6.45) is 0. The zero-order valence-electron chi connectivity index (χ0n) is 14.2. The minimum Gasteiger partial charge on any atom is -0.357 e. The van der Waals surface area contributed by atoms with Crippen LogP contribution in [-0.2, 0) is 16.1 Å². The van der Waals surface area contributed by atoms with Gasteiger partial charge in [-0.05, 0) is 36.8 Å². The fraction of sp³-hybridized carbons (Fsp3) is 0.263. The topological polar surface area (TPSA) is 49.4 Å². The number of hydrogen-bond acceptors (Lipinski definition) is 3. The van der Waals surface area contributed by atoms with Crippen LogP contribution in [0.5, 0.6) is 0 Å². The molecule has 0 spiro atoms. The van der Waals surface area contributed by atoms with Gasteiger partial charge in [-0.25, -0.2) is 4.39 Å². The molecular formula is C19H21FN2O2S. The molecule has 0 aliphatic rings. The molecule has 6 heteroatoms. The first-order valence-corrected chi connectivity index (χ1v) is 8.93. The molecule has 25 heavy (non-hydrogen) atoms. The maximum Gasteiger partial charge on any atom is 0.242 e. The van der Waals surface area contributed by atoms with E-state index in [1.54, 1.807) is 19.1 Å². The first-order chi connectivity index (χ1) is 12.0. The highest BCUT2D eigenvalue weighted by Crippen LogP contribution is 2.19. The number of likely N-dealkylation sites (N-methyl/N-ethyl adjacent to an activating group) is 1. The smallest absolute Gasteiger partial charge is 0.242 e. The highest BCUT2D eigenvalue weighted by molar-refractivity contribution is 8.00. The van der Waals surface area contributed by atoms with Gasteiger partial charge in [0.2, 0.25) is 11.8 Å². The number of hydrogen-bond donors (Lipinski definition) is 1. The Hall–Kier alpha value is -2.34. The average molecular weight is 360 g/mol. The Bertz CT molecular complexity index is 707. The maximum absolute atomic E-state index is 13.1. The van der Waals surface area contributed by atoms with Gasteiger partial charge in [0.05, 0.1) is 5.75 Å². The molecule has 0 aromatic heterocycles. The van der Waals surface area contributed by atoms with Crippen molar-refractivity contribution in [3.05, 3.63) is 66.0 Å². The molecule has 4 nitrogen and oxygen atoms in total. The van der Waals surface area contributed by atoms with Crippen LogP contribution in [0.3, 0.4) is 0 Å². The number of nitrogens with one attached hydrogen (secondary N) is 1. The number of halogens is 1. The van der Waals surface area contributed by atoms with E-state index >= 15 is 0 Å². The van der Waals surface area contributed by atoms with Gasteiger partial charge < -0.3 is 10.2 Å². The van der Waals surface area contributed by atoms with Crippen LogP contribution in [0.2, 0.25) is 0 Å². The van der Waals surface area contributed by atoms with Gasteiger partial charge >= 0.3 is 0 Å². The Morgan fingerprint density at radius 2 is 1.76 bits per heavy atom. The van der Waals surface area contributed by atoms with Gasteiger partial charge in [-0.15, -0.1) is 11.8 Å². The van der Waals surface area contributed by atoms with Crippen LogP contribution >= 0.6 is 11.8 Å². The van der Waals surface area contributed by atoms with E-state index in [1.165, 1.54) is 35.8 Å². The molecule has 0 heterocycles. The second-order valence-corrected chi connectivity index (χ2v) is 6.59. The average Bonchev–Trinajstić information content (AvgIpc) is 2.65. The zero-order chi connectivity index (χ0) is 18.2. The third kappa shape index (κ3) is 5.60. The van der Waals surface area contributed by atoms with Crippen molar-refractivity contribution in [1.29, 1.82) is 0 Å². The highest BCUT2D eigenvalue weighted by Gasteiger charge is 2.25. The second kappa shape index (κ2) is 9.22. The minimum atomic E-state index is -0.612. The van der Waals surface area contributed by atoms with E-state index in [-0.39, 0.29) is 29.9 Å². The van der Waals surface area contributed by atoms with Crippen molar-refractivity contribution in [2.45, 2.75) is 24.4 Å². The molecule has 2 aromatic rings. The van der Waals surface area contributed by atoms with Crippen LogP contribution in [0.25, 0.3) is 0 Å². The summed E-state index contributed by atoms with van der Waals surface area (Å²) < 4.78 is 13.1. The molecule has 0 radical (unpaired) electrons. The summed E-state index contributed by atoms with van der Waals surface area (Å²) in [5.74, 6) is -0.484. The number of carbonyl (C=O) groups is 2. The van der Waals surface area contributed by atoms with Crippen LogP contribution in [-0.4, -0.2) is 35.6 Å². The molecule has 1 atom stereocenters. The maximum atomic E-state index is 13.1. The lowest BCUT2D eigenvalue weighted by atomic mass is 10.1. The first-order valence-electron chi connectivity index (χ1n) is 7.94. The van der Waals surface area contributed by atoms with Crippen molar-refractivity contribution in [3.63, 3.8) is 0 Å². The Kier molecular flexibility index (Phi) is 7.01. The number of rotatable bonds is 7. The first kappa shape index (κ1) is 19.0. The Balaban J connectivity index is 2.10. The van der Waals surface area contributed by atoms with Crippen molar-refractivity contribution >= 4 is 23.6 Å². The molecule has 0 bridgehead atoms. The summed E-state index contributed by atoms with van der Waals surface area (Å²) in [7, 11) is 1.54. The summed E-state index contributed by atoms with van der Waals surface area (Å²) in [5.41, 5.74) is 0.773. The summed E-state index contributed by atoms with van der Waals surface area (Å²) in [6, 6.07) is 14.9. The predicted molar refractivity (Wildman–Crippen MR) is 97.6 cm³/mol. The Morgan fingerprint density at radius 3 is 2.36 bits per heavy atom. The lowest BCUT2D eigenvalue weighted by Crippen LogP contribution is -2.47. The van der Waals surface area contributed by atoms with Gasteiger partial charge in [0, 0.05) is 18.5 Å². The van der Waals surface area contributed by atoms with Crippen LogP contribution in [0, 0.1) is 5.82 Å². The molecule has 0 aliphatic carbocycles. The number of thioether (sulfide) groups is 1. The number of carbonyl (C=O) groups excluding carboxylic acids is 2. The molecule has 0 aliphatic heterocycles. The molecule has 132 valence electrons. The van der Waals surface area contributed by atoms with Crippen molar-refractivity contribution < 1.29 is 14.0 Å². The van der Waals surface area contributed by atoms with E-state index in [0.29, 0.717) is 0 Å². The third-order valence-corrected chi connectivity index (χ3v) is 4.78. The van der Waals surface area contributed by atoms with Crippen LogP contribution < -0.4 is 5.32 Å². The monoisotopic (exact) mass is 360 g/mol. The van der Waals surface area contributed by atoms with Crippen LogP contribution in [0.4, 0.5) is 4.39 Å². The SMILES string of the molecule is CNC(=O)C(C)N(Cc1ccc(F)cc1)C(=O)CSc1ccccc1. The van der Waals surface area contributed by atoms with E-state index in [4.69, 9.17) is 0 Å².